The van der Waals surface area contributed by atoms with Crippen molar-refractivity contribution in [1.29, 1.82) is 0 Å². The fraction of sp³-hybridized carbons (Fsp3) is 0. The molecule has 48 valence electrons. The highest BCUT2D eigenvalue weighted by molar-refractivity contribution is 14.1. The monoisotopic (exact) mass is 250 g/mol. The number of phenolic OH excluding ortho intramolecular Hbond substituents is 1. The van der Waals surface area contributed by atoms with Crippen molar-refractivity contribution >= 4 is 38.0 Å². The van der Waals surface area contributed by atoms with E-state index in [1.54, 1.807) is 12.1 Å². The number of halogens is 1. The summed E-state index contributed by atoms with van der Waals surface area (Å²) in [6.45, 7) is 0. The SMILES string of the molecule is Oc1ccc([SiH3])c(I)c1. The molecule has 3 heteroatoms. The van der Waals surface area contributed by atoms with Crippen molar-refractivity contribution in [2.24, 2.45) is 0 Å². The molecular weight excluding hydrogens is 243 g/mol. The van der Waals surface area contributed by atoms with E-state index in [2.05, 4.69) is 22.6 Å². The second-order valence-corrected chi connectivity index (χ2v) is 4.17. The van der Waals surface area contributed by atoms with Crippen molar-refractivity contribution in [1.82, 2.24) is 0 Å². The summed E-state index contributed by atoms with van der Waals surface area (Å²) in [5.41, 5.74) is 0. The second-order valence-electron chi connectivity index (χ2n) is 1.93. The topological polar surface area (TPSA) is 20.2 Å². The van der Waals surface area contributed by atoms with Gasteiger partial charge in [0.1, 0.15) is 5.75 Å². The molecule has 0 aliphatic carbocycles. The van der Waals surface area contributed by atoms with Crippen LogP contribution >= 0.6 is 22.6 Å². The number of rotatable bonds is 0. The van der Waals surface area contributed by atoms with E-state index in [4.69, 9.17) is 5.11 Å². The van der Waals surface area contributed by atoms with Gasteiger partial charge in [-0.25, -0.2) is 0 Å². The summed E-state index contributed by atoms with van der Waals surface area (Å²) in [5.74, 6) is 0.360. The third-order valence-corrected chi connectivity index (χ3v) is 4.21. The lowest BCUT2D eigenvalue weighted by Gasteiger charge is -1.96. The fourth-order valence-corrected chi connectivity index (χ4v) is 1.39. The molecule has 0 saturated heterocycles. The number of hydrogen-bond donors (Lipinski definition) is 1. The Morgan fingerprint density at radius 1 is 1.44 bits per heavy atom. The summed E-state index contributed by atoms with van der Waals surface area (Å²) in [6, 6.07) is 5.47. The van der Waals surface area contributed by atoms with Gasteiger partial charge in [0.05, 0.1) is 0 Å². The first-order chi connectivity index (χ1) is 4.20. The highest BCUT2D eigenvalue weighted by Crippen LogP contribution is 2.09. The molecular formula is C6H7IOSi. The van der Waals surface area contributed by atoms with Crippen LogP contribution in [0.1, 0.15) is 0 Å². The maximum atomic E-state index is 8.95. The summed E-state index contributed by atoms with van der Waals surface area (Å²) in [7, 11) is 1.06. The summed E-state index contributed by atoms with van der Waals surface area (Å²) in [5, 5.41) is 10.3. The third kappa shape index (κ3) is 1.69. The van der Waals surface area contributed by atoms with Gasteiger partial charge in [0.2, 0.25) is 0 Å². The molecule has 0 spiro atoms. The van der Waals surface area contributed by atoms with E-state index in [-0.39, 0.29) is 0 Å². The van der Waals surface area contributed by atoms with Gasteiger partial charge in [-0.1, -0.05) is 11.3 Å². The predicted molar refractivity (Wildman–Crippen MR) is 50.4 cm³/mol. The molecule has 9 heavy (non-hydrogen) atoms. The average molecular weight is 250 g/mol. The lowest BCUT2D eigenvalue weighted by Crippen LogP contribution is -2.04. The van der Waals surface area contributed by atoms with E-state index in [1.165, 1.54) is 8.76 Å². The first-order valence-corrected chi connectivity index (χ1v) is 4.73. The molecule has 0 unspecified atom stereocenters. The first-order valence-electron chi connectivity index (χ1n) is 2.65. The lowest BCUT2D eigenvalue weighted by molar-refractivity contribution is 0.475. The first kappa shape index (κ1) is 7.08. The maximum Gasteiger partial charge on any atom is 0.116 e. The Labute approximate surface area is 70.7 Å². The minimum Gasteiger partial charge on any atom is -0.508 e. The van der Waals surface area contributed by atoms with Crippen LogP contribution in [0, 0.1) is 3.57 Å². The minimum atomic E-state index is 0.360. The highest BCUT2D eigenvalue weighted by Gasteiger charge is 1.92. The molecule has 0 atom stereocenters. The zero-order chi connectivity index (χ0) is 6.85. The summed E-state index contributed by atoms with van der Waals surface area (Å²) < 4.78 is 1.17. The Balaban J connectivity index is 3.17. The smallest absolute Gasteiger partial charge is 0.116 e. The Morgan fingerprint density at radius 3 is 2.56 bits per heavy atom. The van der Waals surface area contributed by atoms with Gasteiger partial charge >= 0.3 is 0 Å². The van der Waals surface area contributed by atoms with Gasteiger partial charge in [0.25, 0.3) is 0 Å². The Kier molecular flexibility index (Phi) is 2.12. The van der Waals surface area contributed by atoms with Crippen molar-refractivity contribution < 1.29 is 5.11 Å². The van der Waals surface area contributed by atoms with Crippen molar-refractivity contribution in [2.45, 2.75) is 0 Å². The maximum absolute atomic E-state index is 8.95. The molecule has 1 nitrogen and oxygen atoms in total. The van der Waals surface area contributed by atoms with E-state index >= 15 is 0 Å². The van der Waals surface area contributed by atoms with Gasteiger partial charge in [0.15, 0.2) is 0 Å². The van der Waals surface area contributed by atoms with Crippen LogP contribution in [0.25, 0.3) is 0 Å². The number of hydrogen-bond acceptors (Lipinski definition) is 1. The molecule has 1 aromatic carbocycles. The van der Waals surface area contributed by atoms with E-state index in [0.717, 1.165) is 10.2 Å². The van der Waals surface area contributed by atoms with Crippen molar-refractivity contribution in [3.05, 3.63) is 21.8 Å². The van der Waals surface area contributed by atoms with Crippen LogP contribution in [0.15, 0.2) is 18.2 Å². The molecule has 0 aliphatic rings. The Bertz CT molecular complexity index is 224. The number of phenols is 1. The zero-order valence-corrected chi connectivity index (χ0v) is 9.21. The molecule has 0 saturated carbocycles. The number of benzene rings is 1. The van der Waals surface area contributed by atoms with Crippen LogP contribution < -0.4 is 5.19 Å². The van der Waals surface area contributed by atoms with Gasteiger partial charge in [-0.3, -0.25) is 0 Å². The normalized spacial score (nSPS) is 9.89. The fourth-order valence-electron chi connectivity index (χ4n) is 0.582. The minimum absolute atomic E-state index is 0.360. The molecule has 1 aromatic rings. The van der Waals surface area contributed by atoms with Crippen molar-refractivity contribution in [3.63, 3.8) is 0 Å². The Morgan fingerprint density at radius 2 is 2.11 bits per heavy atom. The van der Waals surface area contributed by atoms with E-state index < -0.39 is 0 Å². The summed E-state index contributed by atoms with van der Waals surface area (Å²) in [6.07, 6.45) is 0. The van der Waals surface area contributed by atoms with Crippen LogP contribution in [0.4, 0.5) is 0 Å². The van der Waals surface area contributed by atoms with Crippen molar-refractivity contribution in [3.8, 4) is 5.75 Å². The second kappa shape index (κ2) is 2.70. The third-order valence-electron chi connectivity index (χ3n) is 1.16. The molecule has 0 aromatic heterocycles. The average Bonchev–Trinajstić information content (AvgIpc) is 1.80. The van der Waals surface area contributed by atoms with Gasteiger partial charge in [0, 0.05) is 13.8 Å². The van der Waals surface area contributed by atoms with Crippen LogP contribution in [0.5, 0.6) is 5.75 Å². The standard InChI is InChI=1S/C6H7IOSi/c7-5-3-4(8)1-2-6(5)9/h1-3,8H,9H3. The lowest BCUT2D eigenvalue weighted by atomic mass is 10.3. The summed E-state index contributed by atoms with van der Waals surface area (Å²) in [4.78, 5) is 0. The van der Waals surface area contributed by atoms with Crippen LogP contribution in [-0.4, -0.2) is 15.3 Å². The van der Waals surface area contributed by atoms with Crippen LogP contribution in [0.3, 0.4) is 0 Å². The van der Waals surface area contributed by atoms with E-state index in [9.17, 15) is 0 Å². The Hall–Kier alpha value is -0.0331. The molecule has 0 aliphatic heterocycles. The van der Waals surface area contributed by atoms with E-state index in [0.29, 0.717) is 5.75 Å². The molecule has 1 rings (SSSR count). The molecule has 0 radical (unpaired) electrons. The quantitative estimate of drug-likeness (QED) is 0.507. The molecule has 0 fully saturated rings. The molecule has 0 heterocycles. The highest BCUT2D eigenvalue weighted by atomic mass is 127. The molecule has 0 amide bonds. The molecule has 0 bridgehead atoms. The van der Waals surface area contributed by atoms with Gasteiger partial charge in [-0.15, -0.1) is 0 Å². The van der Waals surface area contributed by atoms with E-state index in [1.807, 2.05) is 6.07 Å². The van der Waals surface area contributed by atoms with Crippen LogP contribution in [-0.2, 0) is 0 Å². The zero-order valence-electron chi connectivity index (χ0n) is 5.06. The van der Waals surface area contributed by atoms with Gasteiger partial charge in [-0.2, -0.15) is 0 Å². The molecule has 1 N–H and O–H groups in total. The van der Waals surface area contributed by atoms with Crippen molar-refractivity contribution in [2.75, 3.05) is 0 Å². The summed E-state index contributed by atoms with van der Waals surface area (Å²) >= 11 is 2.22. The van der Waals surface area contributed by atoms with Gasteiger partial charge in [-0.05, 0) is 34.7 Å². The predicted octanol–water partition coefficient (Wildman–Crippen LogP) is -0.0125. The number of aromatic hydroxyl groups is 1. The largest absolute Gasteiger partial charge is 0.508 e. The van der Waals surface area contributed by atoms with Gasteiger partial charge < -0.3 is 5.11 Å². The van der Waals surface area contributed by atoms with Crippen LogP contribution in [0.2, 0.25) is 0 Å².